The fourth-order valence-corrected chi connectivity index (χ4v) is 2.05. The highest BCUT2D eigenvalue weighted by Crippen LogP contribution is 2.43. The van der Waals surface area contributed by atoms with Gasteiger partial charge in [0.1, 0.15) is 5.75 Å². The van der Waals surface area contributed by atoms with Crippen molar-refractivity contribution >= 4 is 17.4 Å². The quantitative estimate of drug-likeness (QED) is 0.611. The molecule has 0 N–H and O–H groups in total. The highest BCUT2D eigenvalue weighted by molar-refractivity contribution is 8.00. The first kappa shape index (κ1) is 15.8. The predicted octanol–water partition coefficient (Wildman–Crippen LogP) is 4.26. The Morgan fingerprint density at radius 2 is 1.63 bits per heavy atom. The molecule has 0 aliphatic carbocycles. The van der Waals surface area contributed by atoms with Crippen LogP contribution in [0.2, 0.25) is 0 Å². The third kappa shape index (κ3) is 5.50. The van der Waals surface area contributed by atoms with Gasteiger partial charge in [-0.3, -0.25) is 0 Å². The molecule has 1 aromatic rings. The third-order valence-corrected chi connectivity index (χ3v) is 2.65. The van der Waals surface area contributed by atoms with Gasteiger partial charge in [0.05, 0.1) is 5.69 Å². The lowest BCUT2D eigenvalue weighted by Gasteiger charge is -2.19. The third-order valence-electron chi connectivity index (χ3n) is 1.87. The fraction of sp³-hybridized carbons (Fsp3) is 0.400. The lowest BCUT2D eigenvalue weighted by Crippen LogP contribution is -2.17. The van der Waals surface area contributed by atoms with Crippen LogP contribution in [0.5, 0.6) is 5.75 Å². The lowest BCUT2D eigenvalue weighted by atomic mass is 10.3. The van der Waals surface area contributed by atoms with Crippen molar-refractivity contribution in [2.24, 2.45) is 0 Å². The maximum atomic E-state index is 12.3. The van der Waals surface area contributed by atoms with Crippen LogP contribution in [0, 0.1) is 0 Å². The summed E-state index contributed by atoms with van der Waals surface area (Å²) in [6, 6.07) is 2.80. The molecule has 0 bridgehead atoms. The number of halogens is 6. The van der Waals surface area contributed by atoms with E-state index in [-0.39, 0.29) is 10.6 Å². The minimum absolute atomic E-state index is 0.150. The Labute approximate surface area is 109 Å². The van der Waals surface area contributed by atoms with Gasteiger partial charge in [-0.1, -0.05) is 0 Å². The summed E-state index contributed by atoms with van der Waals surface area (Å²) < 4.78 is 76.6. The standard InChI is InChI=1S/C10H9F6NOS/c1-17(2)7-4-3-6(18-9(11,12)13)5-8(7)19-10(14,15)16/h3-5H,1-2H3. The van der Waals surface area contributed by atoms with Gasteiger partial charge in [-0.2, -0.15) is 13.2 Å². The topological polar surface area (TPSA) is 12.5 Å². The van der Waals surface area contributed by atoms with Crippen LogP contribution in [0.15, 0.2) is 23.1 Å². The summed E-state index contributed by atoms with van der Waals surface area (Å²) in [5.41, 5.74) is -4.45. The Hall–Kier alpha value is -1.25. The second-order valence-electron chi connectivity index (χ2n) is 3.62. The molecular formula is C10H9F6NOS. The van der Waals surface area contributed by atoms with Crippen LogP contribution < -0.4 is 9.64 Å². The number of thioether (sulfide) groups is 1. The first-order valence-corrected chi connectivity index (χ1v) is 5.62. The summed E-state index contributed by atoms with van der Waals surface area (Å²) in [6.07, 6.45) is -4.94. The summed E-state index contributed by atoms with van der Waals surface area (Å²) in [5, 5.41) is 0. The molecule has 0 aromatic heterocycles. The van der Waals surface area contributed by atoms with Gasteiger partial charge in [0.25, 0.3) is 0 Å². The zero-order chi connectivity index (χ0) is 14.8. The van der Waals surface area contributed by atoms with Gasteiger partial charge in [-0.15, -0.1) is 13.2 Å². The van der Waals surface area contributed by atoms with Crippen molar-refractivity contribution in [1.82, 2.24) is 0 Å². The van der Waals surface area contributed by atoms with Crippen LogP contribution in [-0.2, 0) is 0 Å². The first-order valence-electron chi connectivity index (χ1n) is 4.81. The molecule has 1 aromatic carbocycles. The summed E-state index contributed by atoms with van der Waals surface area (Å²) in [5.74, 6) is -0.690. The van der Waals surface area contributed by atoms with E-state index >= 15 is 0 Å². The maximum absolute atomic E-state index is 12.3. The van der Waals surface area contributed by atoms with E-state index in [1.165, 1.54) is 19.0 Å². The molecule has 0 aliphatic rings. The van der Waals surface area contributed by atoms with Crippen LogP contribution in [0.1, 0.15) is 0 Å². The van der Waals surface area contributed by atoms with E-state index in [1.807, 2.05) is 0 Å². The Kier molecular flexibility index (Phi) is 4.49. The number of nitrogens with zero attached hydrogens (tertiary/aromatic N) is 1. The molecule has 0 saturated carbocycles. The Balaban J connectivity index is 3.11. The summed E-state index contributed by atoms with van der Waals surface area (Å²) >= 11 is -0.493. The fourth-order valence-electron chi connectivity index (χ4n) is 1.27. The van der Waals surface area contributed by atoms with E-state index in [0.29, 0.717) is 6.07 Å². The van der Waals surface area contributed by atoms with Crippen molar-refractivity contribution in [2.75, 3.05) is 19.0 Å². The first-order chi connectivity index (χ1) is 8.48. The number of hydrogen-bond donors (Lipinski definition) is 0. The van der Waals surface area contributed by atoms with Gasteiger partial charge < -0.3 is 9.64 Å². The predicted molar refractivity (Wildman–Crippen MR) is 59.4 cm³/mol. The van der Waals surface area contributed by atoms with Gasteiger partial charge in [-0.05, 0) is 30.0 Å². The van der Waals surface area contributed by atoms with Gasteiger partial charge in [-0.25, -0.2) is 0 Å². The molecule has 9 heteroatoms. The molecule has 0 atom stereocenters. The Morgan fingerprint density at radius 3 is 2.05 bits per heavy atom. The number of ether oxygens (including phenoxy) is 1. The van der Waals surface area contributed by atoms with Crippen molar-refractivity contribution in [3.05, 3.63) is 18.2 Å². The summed E-state index contributed by atoms with van der Waals surface area (Å²) in [6.45, 7) is 0. The van der Waals surface area contributed by atoms with Crippen molar-refractivity contribution < 1.29 is 31.1 Å². The zero-order valence-electron chi connectivity index (χ0n) is 9.76. The summed E-state index contributed by atoms with van der Waals surface area (Å²) in [7, 11) is 2.97. The van der Waals surface area contributed by atoms with Crippen molar-refractivity contribution in [2.45, 2.75) is 16.8 Å². The highest BCUT2D eigenvalue weighted by atomic mass is 32.2. The molecule has 0 aliphatic heterocycles. The number of alkyl halides is 6. The molecule has 0 unspecified atom stereocenters. The van der Waals surface area contributed by atoms with E-state index in [9.17, 15) is 26.3 Å². The minimum atomic E-state index is -4.94. The van der Waals surface area contributed by atoms with E-state index in [0.717, 1.165) is 12.1 Å². The molecule has 0 amide bonds. The second-order valence-corrected chi connectivity index (χ2v) is 4.73. The van der Waals surface area contributed by atoms with E-state index in [2.05, 4.69) is 4.74 Å². The molecular weight excluding hydrogens is 296 g/mol. The van der Waals surface area contributed by atoms with E-state index in [1.54, 1.807) is 0 Å². The normalized spacial score (nSPS) is 12.4. The van der Waals surface area contributed by atoms with Crippen LogP contribution in [0.4, 0.5) is 32.0 Å². The smallest absolute Gasteiger partial charge is 0.406 e. The van der Waals surface area contributed by atoms with Gasteiger partial charge >= 0.3 is 11.9 Å². The van der Waals surface area contributed by atoms with Crippen molar-refractivity contribution in [3.63, 3.8) is 0 Å². The van der Waals surface area contributed by atoms with Crippen molar-refractivity contribution in [1.29, 1.82) is 0 Å². The van der Waals surface area contributed by atoms with Crippen molar-refractivity contribution in [3.8, 4) is 5.75 Å². The minimum Gasteiger partial charge on any atom is -0.406 e. The number of anilines is 1. The number of rotatable bonds is 3. The SMILES string of the molecule is CN(C)c1ccc(OC(F)(F)F)cc1SC(F)(F)F. The van der Waals surface area contributed by atoms with Crippen LogP contribution >= 0.6 is 11.8 Å². The summed E-state index contributed by atoms with van der Waals surface area (Å²) in [4.78, 5) is 1.00. The van der Waals surface area contributed by atoms with Gasteiger partial charge in [0, 0.05) is 19.0 Å². The van der Waals surface area contributed by atoms with Gasteiger partial charge in [0.2, 0.25) is 0 Å². The average Bonchev–Trinajstić information content (AvgIpc) is 2.11. The largest absolute Gasteiger partial charge is 0.573 e. The molecule has 1 rings (SSSR count). The highest BCUT2D eigenvalue weighted by Gasteiger charge is 2.33. The average molecular weight is 305 g/mol. The molecule has 0 heterocycles. The maximum Gasteiger partial charge on any atom is 0.573 e. The molecule has 108 valence electrons. The monoisotopic (exact) mass is 305 g/mol. The van der Waals surface area contributed by atoms with Crippen LogP contribution in [-0.4, -0.2) is 26.0 Å². The molecule has 0 spiro atoms. The molecule has 2 nitrogen and oxygen atoms in total. The number of benzene rings is 1. The Bertz CT molecular complexity index is 443. The lowest BCUT2D eigenvalue weighted by molar-refractivity contribution is -0.274. The molecule has 0 fully saturated rings. The molecule has 0 radical (unpaired) electrons. The Morgan fingerprint density at radius 1 is 1.05 bits per heavy atom. The second kappa shape index (κ2) is 5.40. The van der Waals surface area contributed by atoms with Crippen LogP contribution in [0.3, 0.4) is 0 Å². The van der Waals surface area contributed by atoms with Crippen LogP contribution in [0.25, 0.3) is 0 Å². The zero-order valence-corrected chi connectivity index (χ0v) is 10.6. The van der Waals surface area contributed by atoms with E-state index < -0.39 is 29.4 Å². The number of hydrogen-bond acceptors (Lipinski definition) is 3. The van der Waals surface area contributed by atoms with E-state index in [4.69, 9.17) is 0 Å². The molecule has 0 saturated heterocycles. The molecule has 19 heavy (non-hydrogen) atoms. The van der Waals surface area contributed by atoms with Gasteiger partial charge in [0.15, 0.2) is 0 Å².